The van der Waals surface area contributed by atoms with Gasteiger partial charge in [-0.05, 0) is 42.1 Å². The quantitative estimate of drug-likeness (QED) is 0.868. The van der Waals surface area contributed by atoms with Gasteiger partial charge in [0, 0.05) is 19.6 Å². The van der Waals surface area contributed by atoms with Crippen LogP contribution in [0.25, 0.3) is 0 Å². The first-order chi connectivity index (χ1) is 12.8. The van der Waals surface area contributed by atoms with Gasteiger partial charge >= 0.3 is 0 Å². The lowest BCUT2D eigenvalue weighted by Gasteiger charge is -2.16. The van der Waals surface area contributed by atoms with Crippen LogP contribution >= 0.6 is 0 Å². The minimum absolute atomic E-state index is 0.0605. The number of rotatable bonds is 6. The first-order valence-electron chi connectivity index (χ1n) is 9.18. The van der Waals surface area contributed by atoms with E-state index in [2.05, 4.69) is 34.5 Å². The molecule has 5 nitrogen and oxygen atoms in total. The van der Waals surface area contributed by atoms with E-state index in [1.54, 1.807) is 0 Å². The van der Waals surface area contributed by atoms with Crippen molar-refractivity contribution in [2.45, 2.75) is 19.4 Å². The average molecular weight is 352 g/mol. The summed E-state index contributed by atoms with van der Waals surface area (Å²) in [6, 6.07) is 16.2. The fourth-order valence-corrected chi connectivity index (χ4v) is 3.62. The molecule has 2 aliphatic rings. The molecule has 0 saturated carbocycles. The molecule has 2 aliphatic heterocycles. The standard InChI is InChI=1S/C21H24N2O3/c24-21(11-17-6-7-19-20(10-17)26-15-25-19)22-12-18-8-9-23(14-18)13-16-4-2-1-3-5-16/h1-7,10,18H,8-9,11-15H2,(H,22,24). The predicted octanol–water partition coefficient (Wildman–Crippen LogP) is 2.60. The molecule has 1 N–H and O–H groups in total. The van der Waals surface area contributed by atoms with E-state index in [0.29, 0.717) is 12.3 Å². The Labute approximate surface area is 153 Å². The summed E-state index contributed by atoms with van der Waals surface area (Å²) in [5.74, 6) is 2.06. The number of likely N-dealkylation sites (tertiary alicyclic amines) is 1. The van der Waals surface area contributed by atoms with Crippen molar-refractivity contribution in [3.63, 3.8) is 0 Å². The fourth-order valence-electron chi connectivity index (χ4n) is 3.62. The van der Waals surface area contributed by atoms with Gasteiger partial charge < -0.3 is 14.8 Å². The zero-order valence-electron chi connectivity index (χ0n) is 14.8. The number of amides is 1. The number of hydrogen-bond acceptors (Lipinski definition) is 4. The molecule has 0 spiro atoms. The summed E-state index contributed by atoms with van der Waals surface area (Å²) in [4.78, 5) is 14.7. The van der Waals surface area contributed by atoms with Gasteiger partial charge in [0.2, 0.25) is 12.7 Å². The van der Waals surface area contributed by atoms with Crippen LogP contribution in [0.4, 0.5) is 0 Å². The Morgan fingerprint density at radius 3 is 2.81 bits per heavy atom. The summed E-state index contributed by atoms with van der Waals surface area (Å²) in [6.07, 6.45) is 1.51. The minimum Gasteiger partial charge on any atom is -0.454 e. The molecule has 0 aromatic heterocycles. The van der Waals surface area contributed by atoms with Crippen LogP contribution in [-0.2, 0) is 17.8 Å². The van der Waals surface area contributed by atoms with E-state index in [1.807, 2.05) is 24.3 Å². The summed E-state index contributed by atoms with van der Waals surface area (Å²) in [6.45, 7) is 4.13. The van der Waals surface area contributed by atoms with E-state index >= 15 is 0 Å². The number of fused-ring (bicyclic) bond motifs is 1. The second-order valence-corrected chi connectivity index (χ2v) is 7.04. The lowest BCUT2D eigenvalue weighted by atomic mass is 10.1. The van der Waals surface area contributed by atoms with E-state index < -0.39 is 0 Å². The zero-order valence-corrected chi connectivity index (χ0v) is 14.8. The van der Waals surface area contributed by atoms with Crippen LogP contribution < -0.4 is 14.8 Å². The Morgan fingerprint density at radius 1 is 1.08 bits per heavy atom. The SMILES string of the molecule is O=C(Cc1ccc2c(c1)OCO2)NCC1CCN(Cc2ccccc2)C1. The van der Waals surface area contributed by atoms with Gasteiger partial charge in [0.05, 0.1) is 6.42 Å². The molecule has 1 saturated heterocycles. The first kappa shape index (κ1) is 16.9. The summed E-state index contributed by atoms with van der Waals surface area (Å²) in [5, 5.41) is 3.09. The third-order valence-electron chi connectivity index (χ3n) is 5.01. The maximum Gasteiger partial charge on any atom is 0.231 e. The number of benzene rings is 2. The second kappa shape index (κ2) is 7.79. The van der Waals surface area contributed by atoms with Crippen LogP contribution in [0.1, 0.15) is 17.5 Å². The topological polar surface area (TPSA) is 50.8 Å². The van der Waals surface area contributed by atoms with Gasteiger partial charge in [0.15, 0.2) is 11.5 Å². The molecule has 2 aromatic rings. The van der Waals surface area contributed by atoms with Gasteiger partial charge in [0.25, 0.3) is 0 Å². The van der Waals surface area contributed by atoms with Gasteiger partial charge in [-0.2, -0.15) is 0 Å². The van der Waals surface area contributed by atoms with Crippen LogP contribution in [0.3, 0.4) is 0 Å². The number of carbonyl (C=O) groups excluding carboxylic acids is 1. The monoisotopic (exact) mass is 352 g/mol. The van der Waals surface area contributed by atoms with E-state index in [1.165, 1.54) is 5.56 Å². The van der Waals surface area contributed by atoms with E-state index in [-0.39, 0.29) is 12.7 Å². The Morgan fingerprint density at radius 2 is 1.92 bits per heavy atom. The molecule has 136 valence electrons. The summed E-state index contributed by atoms with van der Waals surface area (Å²) in [7, 11) is 0. The van der Waals surface area contributed by atoms with Crippen molar-refractivity contribution in [1.82, 2.24) is 10.2 Å². The number of nitrogens with zero attached hydrogens (tertiary/aromatic N) is 1. The molecular formula is C21H24N2O3. The first-order valence-corrected chi connectivity index (χ1v) is 9.18. The molecule has 2 aromatic carbocycles. The molecule has 1 fully saturated rings. The van der Waals surface area contributed by atoms with Crippen LogP contribution in [-0.4, -0.2) is 37.2 Å². The number of nitrogens with one attached hydrogen (secondary N) is 1. The highest BCUT2D eigenvalue weighted by Gasteiger charge is 2.23. The maximum absolute atomic E-state index is 12.2. The van der Waals surface area contributed by atoms with E-state index in [0.717, 1.165) is 49.7 Å². The Hall–Kier alpha value is -2.53. The average Bonchev–Trinajstić information content (AvgIpc) is 3.29. The van der Waals surface area contributed by atoms with Crippen molar-refractivity contribution in [2.75, 3.05) is 26.4 Å². The van der Waals surface area contributed by atoms with Crippen molar-refractivity contribution in [2.24, 2.45) is 5.92 Å². The van der Waals surface area contributed by atoms with Gasteiger partial charge in [0.1, 0.15) is 0 Å². The predicted molar refractivity (Wildman–Crippen MR) is 99.1 cm³/mol. The van der Waals surface area contributed by atoms with Crippen molar-refractivity contribution in [3.05, 3.63) is 59.7 Å². The highest BCUT2D eigenvalue weighted by Crippen LogP contribution is 2.32. The molecule has 26 heavy (non-hydrogen) atoms. The Kier molecular flexibility index (Phi) is 5.07. The highest BCUT2D eigenvalue weighted by molar-refractivity contribution is 5.78. The molecule has 0 aliphatic carbocycles. The van der Waals surface area contributed by atoms with Crippen LogP contribution in [0, 0.1) is 5.92 Å². The van der Waals surface area contributed by atoms with Gasteiger partial charge in [-0.3, -0.25) is 9.69 Å². The number of hydrogen-bond donors (Lipinski definition) is 1. The third-order valence-corrected chi connectivity index (χ3v) is 5.01. The largest absolute Gasteiger partial charge is 0.454 e. The minimum atomic E-state index is 0.0605. The molecule has 2 heterocycles. The second-order valence-electron chi connectivity index (χ2n) is 7.04. The number of ether oxygens (including phenoxy) is 2. The molecule has 4 rings (SSSR count). The van der Waals surface area contributed by atoms with E-state index in [9.17, 15) is 4.79 Å². The van der Waals surface area contributed by atoms with Crippen molar-refractivity contribution < 1.29 is 14.3 Å². The van der Waals surface area contributed by atoms with Crippen molar-refractivity contribution in [3.8, 4) is 11.5 Å². The molecule has 0 radical (unpaired) electrons. The van der Waals surface area contributed by atoms with Crippen molar-refractivity contribution in [1.29, 1.82) is 0 Å². The van der Waals surface area contributed by atoms with Crippen LogP contribution in [0.15, 0.2) is 48.5 Å². The fraction of sp³-hybridized carbons (Fsp3) is 0.381. The normalized spacial score (nSPS) is 18.8. The highest BCUT2D eigenvalue weighted by atomic mass is 16.7. The molecule has 0 bridgehead atoms. The molecule has 5 heteroatoms. The summed E-state index contributed by atoms with van der Waals surface area (Å²) < 4.78 is 10.7. The Balaban J connectivity index is 1.21. The maximum atomic E-state index is 12.2. The van der Waals surface area contributed by atoms with E-state index in [4.69, 9.17) is 9.47 Å². The summed E-state index contributed by atoms with van der Waals surface area (Å²) in [5.41, 5.74) is 2.30. The number of carbonyl (C=O) groups is 1. The lowest BCUT2D eigenvalue weighted by Crippen LogP contribution is -2.31. The third kappa shape index (κ3) is 4.17. The molecular weight excluding hydrogens is 328 g/mol. The van der Waals surface area contributed by atoms with Crippen LogP contribution in [0.2, 0.25) is 0 Å². The van der Waals surface area contributed by atoms with Crippen molar-refractivity contribution >= 4 is 5.91 Å². The Bertz CT molecular complexity index is 763. The summed E-state index contributed by atoms with van der Waals surface area (Å²) >= 11 is 0. The van der Waals surface area contributed by atoms with Gasteiger partial charge in [-0.25, -0.2) is 0 Å². The van der Waals surface area contributed by atoms with Gasteiger partial charge in [-0.15, -0.1) is 0 Å². The molecule has 1 amide bonds. The smallest absolute Gasteiger partial charge is 0.231 e. The molecule has 1 atom stereocenters. The zero-order chi connectivity index (χ0) is 17.8. The molecule has 1 unspecified atom stereocenters. The van der Waals surface area contributed by atoms with Crippen LogP contribution in [0.5, 0.6) is 11.5 Å². The lowest BCUT2D eigenvalue weighted by molar-refractivity contribution is -0.120. The van der Waals surface area contributed by atoms with Gasteiger partial charge in [-0.1, -0.05) is 36.4 Å².